The van der Waals surface area contributed by atoms with E-state index in [1.165, 1.54) is 12.0 Å². The molecule has 43 heavy (non-hydrogen) atoms. The van der Waals surface area contributed by atoms with Gasteiger partial charge >= 0.3 is 12.1 Å². The number of unbranched alkanes of at least 4 members (excludes halogenated alkanes) is 3. The van der Waals surface area contributed by atoms with Gasteiger partial charge in [0.2, 0.25) is 27.7 Å². The number of ether oxygens (including phenoxy) is 3. The highest BCUT2D eigenvalue weighted by Gasteiger charge is 2.40. The molecule has 1 saturated carbocycles. The number of nitrogens with two attached hydrogens (primary N) is 1. The van der Waals surface area contributed by atoms with E-state index in [0.29, 0.717) is 43.9 Å². The Morgan fingerprint density at radius 1 is 1.09 bits per heavy atom. The van der Waals surface area contributed by atoms with E-state index in [4.69, 9.17) is 19.9 Å². The molecule has 1 aliphatic heterocycles. The molecule has 0 unspecified atom stereocenters. The molecule has 1 aromatic carbocycles. The van der Waals surface area contributed by atoms with Gasteiger partial charge in [0.1, 0.15) is 12.1 Å². The van der Waals surface area contributed by atoms with Gasteiger partial charge in [0.05, 0.1) is 31.2 Å². The Morgan fingerprint density at radius 2 is 1.84 bits per heavy atom. The van der Waals surface area contributed by atoms with Crippen LogP contribution in [0.5, 0.6) is 11.8 Å². The molecule has 0 radical (unpaired) electrons. The number of methoxy groups -OCH3 is 1. The number of aromatic nitrogens is 2. The zero-order chi connectivity index (χ0) is 30.8. The Hall–Kier alpha value is -4.40. The van der Waals surface area contributed by atoms with E-state index in [1.807, 2.05) is 35.1 Å². The fraction of sp³-hybridized carbons (Fsp3) is 0.464. The number of amides is 4. The summed E-state index contributed by atoms with van der Waals surface area (Å²) in [7, 11) is -2.15. The average molecular weight is 617 g/mol. The first kappa shape index (κ1) is 31.5. The summed E-state index contributed by atoms with van der Waals surface area (Å²) in [5.74, 6) is 0.362. The summed E-state index contributed by atoms with van der Waals surface area (Å²) < 4.78 is 41.3. The van der Waals surface area contributed by atoms with Crippen LogP contribution in [0.2, 0.25) is 0 Å². The van der Waals surface area contributed by atoms with Crippen LogP contribution in [-0.4, -0.2) is 78.9 Å². The molecule has 4 N–H and O–H groups in total. The summed E-state index contributed by atoms with van der Waals surface area (Å²) in [5.41, 5.74) is 6.37. The van der Waals surface area contributed by atoms with Gasteiger partial charge in [-0.2, -0.15) is 9.97 Å². The molecular formula is C28H36N6O8S. The average Bonchev–Trinajstić information content (AvgIpc) is 3.77. The maximum Gasteiger partial charge on any atom is 0.425 e. The normalized spacial score (nSPS) is 18.3. The first-order valence-electron chi connectivity index (χ1n) is 14.0. The second-order valence-electron chi connectivity index (χ2n) is 10.2. The SMILES string of the molecule is COc1cc(O[C@@H]2C[C@@H](C(N)=O)N(C(=O)NCCCCC/C=C\OC(=O)NS(=O)(=O)C3CC3)C2)nc(-c2ccccc2)n1. The van der Waals surface area contributed by atoms with E-state index in [1.54, 1.807) is 12.1 Å². The lowest BCUT2D eigenvalue weighted by Crippen LogP contribution is -2.48. The van der Waals surface area contributed by atoms with Crippen LogP contribution in [0.1, 0.15) is 44.9 Å². The van der Waals surface area contributed by atoms with Gasteiger partial charge in [-0.15, -0.1) is 0 Å². The van der Waals surface area contributed by atoms with Gasteiger partial charge in [-0.05, 0) is 38.2 Å². The number of allylic oxidation sites excluding steroid dienone is 1. The maximum absolute atomic E-state index is 12.9. The highest BCUT2D eigenvalue weighted by molar-refractivity contribution is 7.90. The Balaban J connectivity index is 1.18. The zero-order valence-corrected chi connectivity index (χ0v) is 24.6. The van der Waals surface area contributed by atoms with Crippen LogP contribution in [0.15, 0.2) is 48.7 Å². The molecule has 2 atom stereocenters. The van der Waals surface area contributed by atoms with E-state index in [-0.39, 0.29) is 18.8 Å². The maximum atomic E-state index is 12.9. The van der Waals surface area contributed by atoms with Crippen molar-refractivity contribution in [2.24, 2.45) is 5.73 Å². The number of nitrogens with one attached hydrogen (secondary N) is 2. The van der Waals surface area contributed by atoms with E-state index in [9.17, 15) is 22.8 Å². The number of hydrogen-bond donors (Lipinski definition) is 3. The number of hydrogen-bond acceptors (Lipinski definition) is 10. The molecule has 4 rings (SSSR count). The van der Waals surface area contributed by atoms with Gasteiger partial charge in [-0.25, -0.2) is 22.7 Å². The van der Waals surface area contributed by atoms with Crippen molar-refractivity contribution in [3.63, 3.8) is 0 Å². The molecule has 2 aliphatic rings. The molecule has 1 aromatic heterocycles. The Kier molecular flexibility index (Phi) is 10.8. The topological polar surface area (TPSA) is 192 Å². The van der Waals surface area contributed by atoms with Crippen LogP contribution >= 0.6 is 0 Å². The van der Waals surface area contributed by atoms with Gasteiger partial charge in [0.25, 0.3) is 0 Å². The number of nitrogens with zero attached hydrogens (tertiary/aromatic N) is 3. The lowest BCUT2D eigenvalue weighted by Gasteiger charge is -2.22. The van der Waals surface area contributed by atoms with Crippen molar-refractivity contribution < 1.29 is 37.0 Å². The van der Waals surface area contributed by atoms with Crippen LogP contribution in [0.25, 0.3) is 11.4 Å². The van der Waals surface area contributed by atoms with Crippen LogP contribution in [0.4, 0.5) is 9.59 Å². The highest BCUT2D eigenvalue weighted by Crippen LogP contribution is 2.28. The summed E-state index contributed by atoms with van der Waals surface area (Å²) in [6.45, 7) is 0.532. The summed E-state index contributed by atoms with van der Waals surface area (Å²) in [6, 6.07) is 9.65. The minimum atomic E-state index is -3.64. The lowest BCUT2D eigenvalue weighted by molar-refractivity contribution is -0.121. The van der Waals surface area contributed by atoms with E-state index in [0.717, 1.165) is 24.7 Å². The Morgan fingerprint density at radius 3 is 2.53 bits per heavy atom. The predicted octanol–water partition coefficient (Wildman–Crippen LogP) is 2.46. The first-order valence-corrected chi connectivity index (χ1v) is 15.6. The third-order valence-electron chi connectivity index (χ3n) is 6.84. The van der Waals surface area contributed by atoms with Gasteiger partial charge < -0.3 is 30.2 Å². The van der Waals surface area contributed by atoms with Gasteiger partial charge in [-0.3, -0.25) is 4.79 Å². The molecule has 2 heterocycles. The van der Waals surface area contributed by atoms with Crippen molar-refractivity contribution >= 4 is 28.1 Å². The summed E-state index contributed by atoms with van der Waals surface area (Å²) in [6.07, 6.45) is 5.38. The molecule has 2 fully saturated rings. The summed E-state index contributed by atoms with van der Waals surface area (Å²) in [4.78, 5) is 46.8. The number of carbonyl (C=O) groups excluding carboxylic acids is 3. The minimum absolute atomic E-state index is 0.146. The fourth-order valence-corrected chi connectivity index (χ4v) is 5.68. The van der Waals surface area contributed by atoms with E-state index < -0.39 is 45.5 Å². The molecule has 4 amide bonds. The second-order valence-corrected chi connectivity index (χ2v) is 12.1. The smallest absolute Gasteiger partial charge is 0.425 e. The van der Waals surface area contributed by atoms with Gasteiger partial charge in [0, 0.05) is 18.5 Å². The summed E-state index contributed by atoms with van der Waals surface area (Å²) >= 11 is 0. The molecule has 14 nitrogen and oxygen atoms in total. The lowest BCUT2D eigenvalue weighted by atomic mass is 10.2. The molecular weight excluding hydrogens is 580 g/mol. The number of carbonyl (C=O) groups is 3. The fourth-order valence-electron chi connectivity index (χ4n) is 4.47. The number of rotatable bonds is 14. The molecule has 0 bridgehead atoms. The van der Waals surface area contributed by atoms with Crippen molar-refractivity contribution in [3.05, 3.63) is 48.7 Å². The monoisotopic (exact) mass is 616 g/mol. The molecule has 1 aliphatic carbocycles. The van der Waals surface area contributed by atoms with Crippen molar-refractivity contribution in [3.8, 4) is 23.1 Å². The second kappa shape index (κ2) is 14.7. The Labute approximate surface area is 250 Å². The van der Waals surface area contributed by atoms with Crippen molar-refractivity contribution in [1.29, 1.82) is 0 Å². The van der Waals surface area contributed by atoms with Crippen LogP contribution in [-0.2, 0) is 19.6 Å². The van der Waals surface area contributed by atoms with Gasteiger partial charge in [0.15, 0.2) is 5.82 Å². The number of likely N-dealkylation sites (tertiary alicyclic amines) is 1. The standard InChI is InChI=1S/C28H36N6O8S/c1-40-23-17-24(32-26(31-23)19-10-6-5-7-11-19)42-20-16-22(25(29)35)34(18-20)27(36)30-14-8-3-2-4-9-15-41-28(37)33-43(38,39)21-12-13-21/h5-7,9-11,15,17,20-22H,2-4,8,12-14,16,18H2,1H3,(H2,29,35)(H,30,36)(H,33,37)/b15-9-/t20-,22+/m1/s1. The number of urea groups is 1. The first-order chi connectivity index (χ1) is 20.7. The van der Waals surface area contributed by atoms with Crippen molar-refractivity contribution in [1.82, 2.24) is 24.9 Å². The summed E-state index contributed by atoms with van der Waals surface area (Å²) in [5, 5.41) is 2.32. The van der Waals surface area contributed by atoms with Crippen LogP contribution in [0, 0.1) is 0 Å². The van der Waals surface area contributed by atoms with Crippen LogP contribution < -0.4 is 25.2 Å². The molecule has 15 heteroatoms. The number of primary amides is 1. The third-order valence-corrected chi connectivity index (χ3v) is 8.64. The third kappa shape index (κ3) is 9.30. The molecule has 2 aromatic rings. The number of sulfonamides is 1. The van der Waals surface area contributed by atoms with Crippen molar-refractivity contribution in [2.45, 2.75) is 62.3 Å². The quantitative estimate of drug-likeness (QED) is 0.210. The molecule has 0 spiro atoms. The highest BCUT2D eigenvalue weighted by atomic mass is 32.2. The molecule has 232 valence electrons. The largest absolute Gasteiger partial charge is 0.481 e. The van der Waals surface area contributed by atoms with Gasteiger partial charge in [-0.1, -0.05) is 36.8 Å². The van der Waals surface area contributed by atoms with Crippen molar-refractivity contribution in [2.75, 3.05) is 20.2 Å². The number of benzene rings is 1. The van der Waals surface area contributed by atoms with Crippen LogP contribution in [0.3, 0.4) is 0 Å². The zero-order valence-electron chi connectivity index (χ0n) is 23.8. The Bertz CT molecular complexity index is 1420. The predicted molar refractivity (Wildman–Crippen MR) is 155 cm³/mol. The minimum Gasteiger partial charge on any atom is -0.481 e. The van der Waals surface area contributed by atoms with E-state index >= 15 is 0 Å². The molecule has 1 saturated heterocycles. The van der Waals surface area contributed by atoms with E-state index in [2.05, 4.69) is 15.3 Å².